The van der Waals surface area contributed by atoms with Crippen molar-refractivity contribution in [3.63, 3.8) is 0 Å². The number of hydrogen-bond acceptors (Lipinski definition) is 5. The van der Waals surface area contributed by atoms with E-state index in [4.69, 9.17) is 14.2 Å². The molecule has 7 heteroatoms. The van der Waals surface area contributed by atoms with Gasteiger partial charge in [-0.05, 0) is 30.7 Å². The monoisotopic (exact) mass is 384 g/mol. The van der Waals surface area contributed by atoms with Crippen LogP contribution in [-0.4, -0.2) is 38.7 Å². The molecule has 0 unspecified atom stereocenters. The Hall–Kier alpha value is -3.22. The number of nitrogens with zero attached hydrogens (tertiary/aromatic N) is 1. The molecule has 28 heavy (non-hydrogen) atoms. The Morgan fingerprint density at radius 1 is 1.18 bits per heavy atom. The minimum Gasteiger partial charge on any atom is -0.497 e. The van der Waals surface area contributed by atoms with Gasteiger partial charge in [0.2, 0.25) is 5.91 Å². The summed E-state index contributed by atoms with van der Waals surface area (Å²) >= 11 is 0. The summed E-state index contributed by atoms with van der Waals surface area (Å²) in [5, 5.41) is 2.85. The summed E-state index contributed by atoms with van der Waals surface area (Å²) in [5.74, 6) is 1.43. The van der Waals surface area contributed by atoms with Gasteiger partial charge in [0.15, 0.2) is 6.10 Å². The minimum atomic E-state index is -0.579. The van der Waals surface area contributed by atoms with Gasteiger partial charge < -0.3 is 19.5 Å². The Morgan fingerprint density at radius 2 is 1.96 bits per heavy atom. The lowest BCUT2D eigenvalue weighted by Crippen LogP contribution is -2.49. The average Bonchev–Trinajstić information content (AvgIpc) is 2.73. The Labute approximate surface area is 164 Å². The van der Waals surface area contributed by atoms with E-state index in [2.05, 4.69) is 5.32 Å². The molecule has 1 atom stereocenters. The van der Waals surface area contributed by atoms with Crippen molar-refractivity contribution >= 4 is 17.5 Å². The topological polar surface area (TPSA) is 77.1 Å². The van der Waals surface area contributed by atoms with Gasteiger partial charge in [-0.1, -0.05) is 19.1 Å². The molecule has 2 aromatic rings. The molecule has 0 aliphatic carbocycles. The van der Waals surface area contributed by atoms with Gasteiger partial charge in [-0.15, -0.1) is 0 Å². The Bertz CT molecular complexity index is 868. The van der Waals surface area contributed by atoms with Gasteiger partial charge in [-0.3, -0.25) is 14.5 Å². The highest BCUT2D eigenvalue weighted by molar-refractivity contribution is 6.03. The number of nitrogens with one attached hydrogen (secondary N) is 1. The second-order valence-electron chi connectivity index (χ2n) is 6.36. The van der Waals surface area contributed by atoms with Crippen molar-refractivity contribution in [2.24, 2.45) is 0 Å². The van der Waals surface area contributed by atoms with Crippen molar-refractivity contribution in [1.29, 1.82) is 0 Å². The Morgan fingerprint density at radius 3 is 2.68 bits per heavy atom. The molecule has 2 aromatic carbocycles. The maximum absolute atomic E-state index is 12.7. The van der Waals surface area contributed by atoms with E-state index in [0.29, 0.717) is 29.4 Å². The summed E-state index contributed by atoms with van der Waals surface area (Å²) in [6.45, 7) is 2.09. The van der Waals surface area contributed by atoms with Gasteiger partial charge in [-0.2, -0.15) is 0 Å². The van der Waals surface area contributed by atoms with Crippen molar-refractivity contribution in [1.82, 2.24) is 5.32 Å². The first-order chi connectivity index (χ1) is 13.6. The van der Waals surface area contributed by atoms with Crippen LogP contribution in [0.4, 0.5) is 5.69 Å². The summed E-state index contributed by atoms with van der Waals surface area (Å²) in [5.41, 5.74) is 1.42. The van der Waals surface area contributed by atoms with Crippen molar-refractivity contribution in [3.05, 3.63) is 48.0 Å². The molecule has 1 aliphatic heterocycles. The first-order valence-corrected chi connectivity index (χ1v) is 9.12. The number of fused-ring (bicyclic) bond motifs is 1. The number of rotatable bonds is 7. The van der Waals surface area contributed by atoms with Crippen molar-refractivity contribution < 1.29 is 23.8 Å². The fourth-order valence-corrected chi connectivity index (χ4v) is 3.09. The summed E-state index contributed by atoms with van der Waals surface area (Å²) in [7, 11) is 3.14. The predicted octanol–water partition coefficient (Wildman–Crippen LogP) is 2.52. The molecular weight excluding hydrogens is 360 g/mol. The largest absolute Gasteiger partial charge is 0.497 e. The third-order valence-corrected chi connectivity index (χ3v) is 4.61. The van der Waals surface area contributed by atoms with Gasteiger partial charge in [0, 0.05) is 18.2 Å². The molecular formula is C21H24N2O5. The van der Waals surface area contributed by atoms with Gasteiger partial charge in [-0.25, -0.2) is 0 Å². The molecule has 0 radical (unpaired) electrons. The Kier molecular flexibility index (Phi) is 6.03. The number of anilines is 1. The molecule has 0 aromatic heterocycles. The summed E-state index contributed by atoms with van der Waals surface area (Å²) in [4.78, 5) is 26.7. The lowest BCUT2D eigenvalue weighted by molar-refractivity contribution is -0.129. The zero-order chi connectivity index (χ0) is 20.1. The number of methoxy groups -OCH3 is 2. The van der Waals surface area contributed by atoms with Crippen molar-refractivity contribution in [2.75, 3.05) is 25.7 Å². The zero-order valence-electron chi connectivity index (χ0n) is 16.2. The second-order valence-corrected chi connectivity index (χ2v) is 6.36. The van der Waals surface area contributed by atoms with Gasteiger partial charge >= 0.3 is 0 Å². The number of para-hydroxylation sites is 2. The summed E-state index contributed by atoms with van der Waals surface area (Å²) in [6.07, 6.45) is -0.0432. The zero-order valence-corrected chi connectivity index (χ0v) is 16.2. The highest BCUT2D eigenvalue weighted by Gasteiger charge is 2.34. The summed E-state index contributed by atoms with van der Waals surface area (Å²) < 4.78 is 16.3. The SMILES string of the molecule is CC[C@H]1Oc2ccccc2N(CC(=O)NCc2ccc(OC)cc2OC)C1=O. The smallest absolute Gasteiger partial charge is 0.268 e. The number of carbonyl (C=O) groups is 2. The molecule has 7 nitrogen and oxygen atoms in total. The van der Waals surface area contributed by atoms with Crippen LogP contribution in [0.25, 0.3) is 0 Å². The van der Waals surface area contributed by atoms with Crippen LogP contribution in [0.1, 0.15) is 18.9 Å². The fraction of sp³-hybridized carbons (Fsp3) is 0.333. The highest BCUT2D eigenvalue weighted by atomic mass is 16.5. The molecule has 148 valence electrons. The van der Waals surface area contributed by atoms with Crippen LogP contribution in [0.5, 0.6) is 17.2 Å². The maximum atomic E-state index is 12.7. The normalized spacial score (nSPS) is 15.5. The first kappa shape index (κ1) is 19.5. The lowest BCUT2D eigenvalue weighted by atomic mass is 10.1. The number of hydrogen-bond donors (Lipinski definition) is 1. The fourth-order valence-electron chi connectivity index (χ4n) is 3.09. The van der Waals surface area contributed by atoms with Gasteiger partial charge in [0.25, 0.3) is 5.91 Å². The van der Waals surface area contributed by atoms with Crippen LogP contribution in [-0.2, 0) is 16.1 Å². The van der Waals surface area contributed by atoms with E-state index < -0.39 is 6.10 Å². The summed E-state index contributed by atoms with van der Waals surface area (Å²) in [6, 6.07) is 12.6. The van der Waals surface area contributed by atoms with E-state index in [1.165, 1.54) is 4.90 Å². The maximum Gasteiger partial charge on any atom is 0.268 e. The minimum absolute atomic E-state index is 0.0752. The third kappa shape index (κ3) is 4.03. The van der Waals surface area contributed by atoms with Crippen molar-refractivity contribution in [3.8, 4) is 17.2 Å². The highest BCUT2D eigenvalue weighted by Crippen LogP contribution is 2.34. The van der Waals surface area contributed by atoms with Crippen LogP contribution < -0.4 is 24.4 Å². The number of carbonyl (C=O) groups excluding carboxylic acids is 2. The standard InChI is InChI=1S/C21H24N2O5/c1-4-17-21(25)23(16-7-5-6-8-18(16)28-17)13-20(24)22-12-14-9-10-15(26-2)11-19(14)27-3/h5-11,17H,4,12-13H2,1-3H3,(H,22,24)/t17-/m1/s1. The van der Waals surface area contributed by atoms with E-state index in [1.54, 1.807) is 38.5 Å². The van der Waals surface area contributed by atoms with Crippen LogP contribution in [0.3, 0.4) is 0 Å². The van der Waals surface area contributed by atoms with E-state index in [1.807, 2.05) is 25.1 Å². The third-order valence-electron chi connectivity index (χ3n) is 4.61. The van der Waals surface area contributed by atoms with Crippen LogP contribution in [0.15, 0.2) is 42.5 Å². The van der Waals surface area contributed by atoms with E-state index in [9.17, 15) is 9.59 Å². The predicted molar refractivity (Wildman–Crippen MR) is 105 cm³/mol. The molecule has 0 saturated carbocycles. The Balaban J connectivity index is 1.70. The first-order valence-electron chi connectivity index (χ1n) is 9.12. The quantitative estimate of drug-likeness (QED) is 0.794. The molecule has 0 spiro atoms. The molecule has 1 aliphatic rings. The molecule has 1 N–H and O–H groups in total. The number of ether oxygens (including phenoxy) is 3. The second kappa shape index (κ2) is 8.65. The molecule has 3 rings (SSSR count). The molecule has 1 heterocycles. The van der Waals surface area contributed by atoms with E-state index in [0.717, 1.165) is 5.56 Å². The number of benzene rings is 2. The van der Waals surface area contributed by atoms with Crippen LogP contribution >= 0.6 is 0 Å². The number of amides is 2. The molecule has 0 bridgehead atoms. The van der Waals surface area contributed by atoms with Crippen molar-refractivity contribution in [2.45, 2.75) is 26.0 Å². The van der Waals surface area contributed by atoms with Crippen LogP contribution in [0.2, 0.25) is 0 Å². The molecule has 0 saturated heterocycles. The van der Waals surface area contributed by atoms with Gasteiger partial charge in [0.05, 0.1) is 19.9 Å². The lowest BCUT2D eigenvalue weighted by Gasteiger charge is -2.33. The van der Waals surface area contributed by atoms with E-state index >= 15 is 0 Å². The molecule has 0 fully saturated rings. The molecule has 2 amide bonds. The van der Waals surface area contributed by atoms with Crippen LogP contribution in [0, 0.1) is 0 Å². The van der Waals surface area contributed by atoms with Gasteiger partial charge in [0.1, 0.15) is 23.8 Å². The van der Waals surface area contributed by atoms with E-state index in [-0.39, 0.29) is 24.9 Å². The average molecular weight is 384 g/mol.